The van der Waals surface area contributed by atoms with E-state index in [-0.39, 0.29) is 5.54 Å². The number of aliphatic imine (C=N–C) groups is 1. The molecule has 1 atom stereocenters. The van der Waals surface area contributed by atoms with Crippen molar-refractivity contribution in [2.75, 3.05) is 18.0 Å². The molecule has 1 aromatic rings. The second-order valence-electron chi connectivity index (χ2n) is 8.99. The van der Waals surface area contributed by atoms with Crippen LogP contribution in [0, 0.1) is 5.92 Å². The fraction of sp³-hybridized carbons (Fsp3) is 0.400. The number of allylic oxidation sites excluding steroid dienone is 2. The number of nitrogens with zero attached hydrogens (tertiary/aromatic N) is 3. The Morgan fingerprint density at radius 2 is 2.09 bits per heavy atom. The lowest BCUT2D eigenvalue weighted by atomic mass is 9.93. The number of pyridine rings is 1. The second-order valence-corrected chi connectivity index (χ2v) is 9.43. The van der Waals surface area contributed by atoms with E-state index < -0.39 is 0 Å². The average Bonchev–Trinajstić information content (AvgIpc) is 3.04. The van der Waals surface area contributed by atoms with Gasteiger partial charge in [0.15, 0.2) is 5.82 Å². The van der Waals surface area contributed by atoms with Crippen molar-refractivity contribution in [3.05, 3.63) is 61.1 Å². The van der Waals surface area contributed by atoms with Crippen LogP contribution in [0.25, 0.3) is 5.70 Å². The van der Waals surface area contributed by atoms with Crippen LogP contribution in [-0.4, -0.2) is 34.8 Å². The van der Waals surface area contributed by atoms with Crippen LogP contribution < -0.4 is 27.0 Å². The van der Waals surface area contributed by atoms with Crippen molar-refractivity contribution in [1.29, 1.82) is 0 Å². The summed E-state index contributed by atoms with van der Waals surface area (Å²) in [6.45, 7) is 19.6. The van der Waals surface area contributed by atoms with Gasteiger partial charge in [-0.2, -0.15) is 0 Å². The zero-order chi connectivity index (χ0) is 24.6. The van der Waals surface area contributed by atoms with Gasteiger partial charge in [0.25, 0.3) is 0 Å². The molecule has 1 aliphatic heterocycles. The third kappa shape index (κ3) is 7.75. The smallest absolute Gasteiger partial charge is 0.154 e. The van der Waals surface area contributed by atoms with E-state index in [4.69, 9.17) is 28.7 Å². The summed E-state index contributed by atoms with van der Waals surface area (Å²) in [7, 11) is 0. The van der Waals surface area contributed by atoms with Gasteiger partial charge in [-0.15, -0.1) is 0 Å². The lowest BCUT2D eigenvalue weighted by Gasteiger charge is -2.34. The van der Waals surface area contributed by atoms with Crippen molar-refractivity contribution in [3.63, 3.8) is 0 Å². The van der Waals surface area contributed by atoms with Crippen LogP contribution in [-0.2, 0) is 0 Å². The zero-order valence-electron chi connectivity index (χ0n) is 20.0. The number of rotatable bonds is 11. The lowest BCUT2D eigenvalue weighted by Crippen LogP contribution is -2.39. The normalized spacial score (nSPS) is 17.7. The topological polar surface area (TPSA) is 105 Å². The first-order valence-corrected chi connectivity index (χ1v) is 11.5. The van der Waals surface area contributed by atoms with Crippen LogP contribution in [0.4, 0.5) is 11.6 Å². The summed E-state index contributed by atoms with van der Waals surface area (Å²) in [4.78, 5) is 12.1. The van der Waals surface area contributed by atoms with Crippen molar-refractivity contribution in [2.45, 2.75) is 45.6 Å². The number of nitrogens with one attached hydrogen (secondary N) is 2. The number of anilines is 1. The van der Waals surface area contributed by atoms with E-state index in [9.17, 15) is 0 Å². The Kier molecular flexibility index (Phi) is 9.22. The van der Waals surface area contributed by atoms with E-state index in [1.165, 1.54) is 0 Å². The van der Waals surface area contributed by atoms with E-state index in [0.29, 0.717) is 33.9 Å². The SMILES string of the molecule is C=CC(=S)NC(=C)NCCCC1CN(c2nc(N=C/C=C(/C)N)ccc2C(=C)N)C(C)(C)C1. The van der Waals surface area contributed by atoms with Crippen LogP contribution in [0.15, 0.2) is 60.5 Å². The molecule has 1 aromatic heterocycles. The minimum atomic E-state index is -0.0628. The van der Waals surface area contributed by atoms with Crippen LogP contribution in [0.1, 0.15) is 45.6 Å². The minimum absolute atomic E-state index is 0.0628. The zero-order valence-corrected chi connectivity index (χ0v) is 20.8. The summed E-state index contributed by atoms with van der Waals surface area (Å²) in [6.07, 6.45) is 8.17. The Bertz CT molecular complexity index is 958. The molecule has 0 aliphatic carbocycles. The first-order chi connectivity index (χ1) is 15.5. The number of hydrogen-bond acceptors (Lipinski definition) is 7. The fourth-order valence-corrected chi connectivity index (χ4v) is 4.15. The molecule has 0 aromatic carbocycles. The molecule has 33 heavy (non-hydrogen) atoms. The molecular formula is C25H37N7S. The van der Waals surface area contributed by atoms with Gasteiger partial charge in [-0.3, -0.25) is 0 Å². The highest BCUT2D eigenvalue weighted by Crippen LogP contribution is 2.40. The van der Waals surface area contributed by atoms with Gasteiger partial charge in [0.1, 0.15) is 10.8 Å². The Morgan fingerprint density at radius 1 is 1.36 bits per heavy atom. The minimum Gasteiger partial charge on any atom is -0.402 e. The predicted octanol–water partition coefficient (Wildman–Crippen LogP) is 4.12. The maximum atomic E-state index is 6.10. The van der Waals surface area contributed by atoms with Gasteiger partial charge in [-0.1, -0.05) is 32.0 Å². The molecule has 1 saturated heterocycles. The Morgan fingerprint density at radius 3 is 2.73 bits per heavy atom. The number of hydrogen-bond donors (Lipinski definition) is 4. The van der Waals surface area contributed by atoms with Crippen LogP contribution >= 0.6 is 12.2 Å². The summed E-state index contributed by atoms with van der Waals surface area (Å²) in [6, 6.07) is 3.79. The lowest BCUT2D eigenvalue weighted by molar-refractivity contribution is 0.442. The summed E-state index contributed by atoms with van der Waals surface area (Å²) >= 11 is 5.08. The van der Waals surface area contributed by atoms with Gasteiger partial charge in [0.05, 0.1) is 5.82 Å². The molecular weight excluding hydrogens is 430 g/mol. The third-order valence-electron chi connectivity index (χ3n) is 5.55. The highest BCUT2D eigenvalue weighted by atomic mass is 32.1. The Labute approximate surface area is 203 Å². The predicted molar refractivity (Wildman–Crippen MR) is 145 cm³/mol. The highest BCUT2D eigenvalue weighted by Gasteiger charge is 2.39. The second kappa shape index (κ2) is 11.7. The molecule has 1 fully saturated rings. The van der Waals surface area contributed by atoms with E-state index in [0.717, 1.165) is 43.7 Å². The number of aromatic nitrogens is 1. The molecule has 2 rings (SSSR count). The molecule has 7 nitrogen and oxygen atoms in total. The Balaban J connectivity index is 2.08. The summed E-state index contributed by atoms with van der Waals surface area (Å²) in [5.41, 5.74) is 13.8. The van der Waals surface area contributed by atoms with Crippen LogP contribution in [0.3, 0.4) is 0 Å². The van der Waals surface area contributed by atoms with E-state index in [2.05, 4.69) is 54.1 Å². The van der Waals surface area contributed by atoms with E-state index in [1.807, 2.05) is 19.1 Å². The summed E-state index contributed by atoms with van der Waals surface area (Å²) in [5.74, 6) is 2.67. The molecule has 0 radical (unpaired) electrons. The van der Waals surface area contributed by atoms with Crippen molar-refractivity contribution in [1.82, 2.24) is 15.6 Å². The first-order valence-electron chi connectivity index (χ1n) is 11.1. The van der Waals surface area contributed by atoms with Gasteiger partial charge >= 0.3 is 0 Å². The van der Waals surface area contributed by atoms with Gasteiger partial charge in [-0.05, 0) is 70.2 Å². The molecule has 0 amide bonds. The molecule has 6 N–H and O–H groups in total. The summed E-state index contributed by atoms with van der Waals surface area (Å²) < 4.78 is 0. The summed E-state index contributed by atoms with van der Waals surface area (Å²) in [5, 5.41) is 6.26. The number of nitrogens with two attached hydrogens (primary N) is 2. The molecule has 1 unspecified atom stereocenters. The highest BCUT2D eigenvalue weighted by molar-refractivity contribution is 7.80. The van der Waals surface area contributed by atoms with Crippen LogP contribution in [0.5, 0.6) is 0 Å². The molecule has 1 aliphatic rings. The standard InChI is InChI=1S/C25H37N7S/c1-7-23(33)30-19(4)28-13-8-9-20-15-25(5,6)32(16-20)24-21(18(3)27)10-11-22(31-24)29-14-12-17(2)26/h7,10-12,14,20,28H,1,3-4,8-9,13,15-16,26-27H2,2,5-6H3,(H,30,33)/b17-12-,29-14?. The quantitative estimate of drug-likeness (QED) is 0.168. The monoisotopic (exact) mass is 467 g/mol. The average molecular weight is 468 g/mol. The molecule has 0 saturated carbocycles. The molecule has 8 heteroatoms. The van der Waals surface area contributed by atoms with E-state index in [1.54, 1.807) is 18.4 Å². The van der Waals surface area contributed by atoms with Crippen molar-refractivity contribution < 1.29 is 0 Å². The molecule has 178 valence electrons. The van der Waals surface area contributed by atoms with Gasteiger partial charge in [-0.25, -0.2) is 9.98 Å². The van der Waals surface area contributed by atoms with Gasteiger partial charge in [0, 0.05) is 41.8 Å². The van der Waals surface area contributed by atoms with Gasteiger partial charge < -0.3 is 27.0 Å². The third-order valence-corrected chi connectivity index (χ3v) is 5.82. The van der Waals surface area contributed by atoms with Crippen molar-refractivity contribution >= 4 is 40.8 Å². The van der Waals surface area contributed by atoms with Crippen molar-refractivity contribution in [2.24, 2.45) is 22.4 Å². The number of thiocarbonyl (C=S) groups is 1. The van der Waals surface area contributed by atoms with Crippen LogP contribution in [0.2, 0.25) is 0 Å². The largest absolute Gasteiger partial charge is 0.402 e. The van der Waals surface area contributed by atoms with E-state index >= 15 is 0 Å². The molecule has 0 bridgehead atoms. The maximum absolute atomic E-state index is 6.10. The fourth-order valence-electron chi connectivity index (χ4n) is 4.02. The Hall–Kier alpha value is -3.13. The molecule has 2 heterocycles. The molecule has 0 spiro atoms. The first kappa shape index (κ1) is 26.1. The maximum Gasteiger partial charge on any atom is 0.154 e. The van der Waals surface area contributed by atoms with Crippen molar-refractivity contribution in [3.8, 4) is 0 Å². The van der Waals surface area contributed by atoms with Gasteiger partial charge in [0.2, 0.25) is 0 Å².